The Balaban J connectivity index is 1.42. The first-order valence-electron chi connectivity index (χ1n) is 12.6. The second-order valence-electron chi connectivity index (χ2n) is 9.39. The zero-order valence-electron chi connectivity index (χ0n) is 21.4. The molecule has 1 aliphatic rings. The van der Waals surface area contributed by atoms with Crippen LogP contribution in [0.15, 0.2) is 96.0 Å². The number of carbonyl (C=O) groups excluding carboxylic acids is 2. The molecular formula is C29H29N5O4S. The van der Waals surface area contributed by atoms with Crippen molar-refractivity contribution < 1.29 is 18.0 Å². The predicted molar refractivity (Wildman–Crippen MR) is 149 cm³/mol. The average molecular weight is 544 g/mol. The first-order valence-corrected chi connectivity index (χ1v) is 14.1. The summed E-state index contributed by atoms with van der Waals surface area (Å²) in [6, 6.07) is 23.5. The van der Waals surface area contributed by atoms with Crippen LogP contribution in [0.3, 0.4) is 0 Å². The number of hydrogen-bond acceptors (Lipinski definition) is 5. The van der Waals surface area contributed by atoms with E-state index in [4.69, 9.17) is 0 Å². The van der Waals surface area contributed by atoms with Crippen molar-refractivity contribution in [2.45, 2.75) is 24.4 Å². The third-order valence-corrected chi connectivity index (χ3v) is 8.70. The second kappa shape index (κ2) is 11.2. The molecule has 3 amide bonds. The zero-order chi connectivity index (χ0) is 27.4. The number of aryl methyl sites for hydroxylation is 1. The van der Waals surface area contributed by atoms with E-state index in [0.29, 0.717) is 16.8 Å². The number of piperazine rings is 1. The van der Waals surface area contributed by atoms with Crippen LogP contribution >= 0.6 is 0 Å². The average Bonchev–Trinajstić information content (AvgIpc) is 2.97. The molecule has 1 fully saturated rings. The lowest BCUT2D eigenvalue weighted by atomic mass is 10.1. The molecule has 0 radical (unpaired) electrons. The summed E-state index contributed by atoms with van der Waals surface area (Å²) in [5, 5.41) is 7.01. The molecule has 10 heteroatoms. The van der Waals surface area contributed by atoms with E-state index in [0.717, 1.165) is 10.9 Å². The highest BCUT2D eigenvalue weighted by atomic mass is 32.2. The SMILES string of the molecule is Cc1ccc(NC(=O)N2CCN(S(=O)(=O)c3cccc4ccccc34)C(C(=O)NCc3ccccn3)C2)cc1. The normalized spacial score (nSPS) is 16.1. The highest BCUT2D eigenvalue weighted by Gasteiger charge is 2.41. The Hall–Kier alpha value is -4.28. The van der Waals surface area contributed by atoms with Crippen molar-refractivity contribution in [2.75, 3.05) is 25.0 Å². The van der Waals surface area contributed by atoms with E-state index >= 15 is 0 Å². The number of anilines is 1. The van der Waals surface area contributed by atoms with Gasteiger partial charge in [-0.15, -0.1) is 0 Å². The molecule has 4 aromatic rings. The van der Waals surface area contributed by atoms with Crippen molar-refractivity contribution in [3.05, 3.63) is 102 Å². The second-order valence-corrected chi connectivity index (χ2v) is 11.2. The number of benzene rings is 3. The fourth-order valence-corrected chi connectivity index (χ4v) is 6.42. The van der Waals surface area contributed by atoms with Crippen molar-refractivity contribution in [1.82, 2.24) is 19.5 Å². The van der Waals surface area contributed by atoms with Crippen molar-refractivity contribution in [1.29, 1.82) is 0 Å². The first-order chi connectivity index (χ1) is 18.8. The summed E-state index contributed by atoms with van der Waals surface area (Å²) in [4.78, 5) is 32.4. The Morgan fingerprint density at radius 1 is 0.923 bits per heavy atom. The van der Waals surface area contributed by atoms with Crippen LogP contribution in [0.5, 0.6) is 0 Å². The number of aromatic nitrogens is 1. The van der Waals surface area contributed by atoms with E-state index in [1.165, 1.54) is 9.21 Å². The van der Waals surface area contributed by atoms with E-state index in [1.807, 2.05) is 43.3 Å². The monoisotopic (exact) mass is 543 g/mol. The van der Waals surface area contributed by atoms with Gasteiger partial charge in [-0.05, 0) is 42.6 Å². The topological polar surface area (TPSA) is 112 Å². The molecule has 0 spiro atoms. The molecular weight excluding hydrogens is 514 g/mol. The van der Waals surface area contributed by atoms with Gasteiger partial charge in [-0.1, -0.05) is 60.2 Å². The largest absolute Gasteiger partial charge is 0.349 e. The molecule has 0 saturated carbocycles. The number of hydrogen-bond donors (Lipinski definition) is 2. The van der Waals surface area contributed by atoms with Crippen molar-refractivity contribution in [3.63, 3.8) is 0 Å². The lowest BCUT2D eigenvalue weighted by molar-refractivity contribution is -0.126. The van der Waals surface area contributed by atoms with Gasteiger partial charge in [0, 0.05) is 36.9 Å². The predicted octanol–water partition coefficient (Wildman–Crippen LogP) is 3.77. The summed E-state index contributed by atoms with van der Waals surface area (Å²) < 4.78 is 29.2. The Labute approximate surface area is 227 Å². The number of carbonyl (C=O) groups is 2. The molecule has 200 valence electrons. The minimum Gasteiger partial charge on any atom is -0.349 e. The fraction of sp³-hybridized carbons (Fsp3) is 0.207. The van der Waals surface area contributed by atoms with Gasteiger partial charge in [0.1, 0.15) is 6.04 Å². The van der Waals surface area contributed by atoms with Gasteiger partial charge in [-0.25, -0.2) is 13.2 Å². The van der Waals surface area contributed by atoms with Crippen LogP contribution in [-0.4, -0.2) is 60.2 Å². The Morgan fingerprint density at radius 2 is 1.67 bits per heavy atom. The first kappa shape index (κ1) is 26.3. The maximum absolute atomic E-state index is 14.0. The molecule has 0 aliphatic carbocycles. The van der Waals surface area contributed by atoms with Crippen LogP contribution in [0.25, 0.3) is 10.8 Å². The highest BCUT2D eigenvalue weighted by molar-refractivity contribution is 7.89. The van der Waals surface area contributed by atoms with Crippen LogP contribution < -0.4 is 10.6 Å². The van der Waals surface area contributed by atoms with Gasteiger partial charge in [0.25, 0.3) is 0 Å². The molecule has 1 aromatic heterocycles. The van der Waals surface area contributed by atoms with E-state index < -0.39 is 28.0 Å². The molecule has 1 aliphatic heterocycles. The fourth-order valence-electron chi connectivity index (χ4n) is 4.64. The van der Waals surface area contributed by atoms with Crippen LogP contribution in [0.4, 0.5) is 10.5 Å². The Bertz CT molecular complexity index is 1590. The third-order valence-electron chi connectivity index (χ3n) is 6.73. The van der Waals surface area contributed by atoms with E-state index in [-0.39, 0.29) is 31.1 Å². The maximum atomic E-state index is 14.0. The summed E-state index contributed by atoms with van der Waals surface area (Å²) in [5.74, 6) is -0.502. The van der Waals surface area contributed by atoms with Crippen molar-refractivity contribution >= 4 is 38.4 Å². The molecule has 39 heavy (non-hydrogen) atoms. The van der Waals surface area contributed by atoms with Gasteiger partial charge in [-0.3, -0.25) is 9.78 Å². The molecule has 1 saturated heterocycles. The summed E-state index contributed by atoms with van der Waals surface area (Å²) in [7, 11) is -4.08. The van der Waals surface area contributed by atoms with Gasteiger partial charge in [-0.2, -0.15) is 4.31 Å². The highest BCUT2D eigenvalue weighted by Crippen LogP contribution is 2.28. The van der Waals surface area contributed by atoms with Gasteiger partial charge in [0.05, 0.1) is 17.1 Å². The van der Waals surface area contributed by atoms with Crippen LogP contribution in [0.1, 0.15) is 11.3 Å². The standard InChI is InChI=1S/C29H29N5O4S/c1-21-12-14-23(15-13-21)32-29(36)33-17-18-34(26(20-33)28(35)31-19-24-9-4-5-16-30-24)39(37,38)27-11-6-8-22-7-2-3-10-25(22)27/h2-16,26H,17-20H2,1H3,(H,31,35)(H,32,36). The summed E-state index contributed by atoms with van der Waals surface area (Å²) in [6.45, 7) is 2.08. The number of rotatable bonds is 6. The maximum Gasteiger partial charge on any atom is 0.321 e. The smallest absolute Gasteiger partial charge is 0.321 e. The summed E-state index contributed by atoms with van der Waals surface area (Å²) in [5.41, 5.74) is 2.32. The number of pyridine rings is 1. The molecule has 2 N–H and O–H groups in total. The molecule has 2 heterocycles. The molecule has 9 nitrogen and oxygen atoms in total. The molecule has 5 rings (SSSR count). The molecule has 1 unspecified atom stereocenters. The summed E-state index contributed by atoms with van der Waals surface area (Å²) in [6.07, 6.45) is 1.62. The number of nitrogens with zero attached hydrogens (tertiary/aromatic N) is 3. The number of fused-ring (bicyclic) bond motifs is 1. The molecule has 0 bridgehead atoms. The minimum atomic E-state index is -4.08. The summed E-state index contributed by atoms with van der Waals surface area (Å²) >= 11 is 0. The Morgan fingerprint density at radius 3 is 2.44 bits per heavy atom. The quantitative estimate of drug-likeness (QED) is 0.385. The van der Waals surface area contributed by atoms with Crippen LogP contribution in [0, 0.1) is 6.92 Å². The number of amides is 3. The number of nitrogens with one attached hydrogen (secondary N) is 2. The third kappa shape index (κ3) is 5.76. The Kier molecular flexibility index (Phi) is 7.58. The van der Waals surface area contributed by atoms with E-state index in [2.05, 4.69) is 15.6 Å². The zero-order valence-corrected chi connectivity index (χ0v) is 22.3. The van der Waals surface area contributed by atoms with E-state index in [1.54, 1.807) is 54.7 Å². The lowest BCUT2D eigenvalue weighted by Gasteiger charge is -2.39. The molecule has 1 atom stereocenters. The van der Waals surface area contributed by atoms with Crippen LogP contribution in [-0.2, 0) is 21.4 Å². The van der Waals surface area contributed by atoms with Gasteiger partial charge in [0.15, 0.2) is 0 Å². The minimum absolute atomic E-state index is 0.0332. The van der Waals surface area contributed by atoms with Gasteiger partial charge < -0.3 is 15.5 Å². The number of urea groups is 1. The number of sulfonamides is 1. The van der Waals surface area contributed by atoms with Gasteiger partial charge in [0.2, 0.25) is 15.9 Å². The van der Waals surface area contributed by atoms with Gasteiger partial charge >= 0.3 is 6.03 Å². The molecule has 3 aromatic carbocycles. The lowest BCUT2D eigenvalue weighted by Crippen LogP contribution is -2.61. The van der Waals surface area contributed by atoms with Crippen molar-refractivity contribution in [2.24, 2.45) is 0 Å². The van der Waals surface area contributed by atoms with E-state index in [9.17, 15) is 18.0 Å². The van der Waals surface area contributed by atoms with Crippen molar-refractivity contribution in [3.8, 4) is 0 Å². The van der Waals surface area contributed by atoms with Crippen LogP contribution in [0.2, 0.25) is 0 Å².